The first-order valence-electron chi connectivity index (χ1n) is 10.4. The van der Waals surface area contributed by atoms with E-state index < -0.39 is 0 Å². The fraction of sp³-hybridized carbons (Fsp3) is 0.667. The molecule has 1 saturated heterocycles. The minimum atomic E-state index is -0.378. The molecule has 154 valence electrons. The van der Waals surface area contributed by atoms with E-state index in [-0.39, 0.29) is 42.6 Å². The SMILES string of the molecule is O=C(Cc1ccncc1)NCC[C@H]1CC[C@H](NC(=O)C2CCCC2)[C@H](CO)O1. The van der Waals surface area contributed by atoms with E-state index >= 15 is 0 Å². The van der Waals surface area contributed by atoms with Crippen LogP contribution in [-0.4, -0.2) is 53.3 Å². The smallest absolute Gasteiger partial charge is 0.224 e. The Morgan fingerprint density at radius 3 is 2.61 bits per heavy atom. The zero-order chi connectivity index (χ0) is 19.8. The van der Waals surface area contributed by atoms with Crippen molar-refractivity contribution >= 4 is 11.8 Å². The lowest BCUT2D eigenvalue weighted by Gasteiger charge is -2.36. The highest BCUT2D eigenvalue weighted by molar-refractivity contribution is 5.79. The van der Waals surface area contributed by atoms with Crippen molar-refractivity contribution < 1.29 is 19.4 Å². The standard InChI is InChI=1S/C21H31N3O4/c25-14-19-18(24-21(27)16-3-1-2-4-16)6-5-17(28-19)9-12-23-20(26)13-15-7-10-22-11-8-15/h7-8,10-11,16-19,25H,1-6,9,12-14H2,(H,23,26)(H,24,27)/t17-,18+,19+/m1/s1. The van der Waals surface area contributed by atoms with Crippen molar-refractivity contribution in [3.05, 3.63) is 30.1 Å². The first-order valence-corrected chi connectivity index (χ1v) is 10.4. The van der Waals surface area contributed by atoms with Crippen LogP contribution in [0.4, 0.5) is 0 Å². The monoisotopic (exact) mass is 389 g/mol. The van der Waals surface area contributed by atoms with Crippen LogP contribution in [0.25, 0.3) is 0 Å². The highest BCUT2D eigenvalue weighted by atomic mass is 16.5. The maximum atomic E-state index is 12.4. The molecule has 2 fully saturated rings. The summed E-state index contributed by atoms with van der Waals surface area (Å²) in [5.74, 6) is 0.196. The van der Waals surface area contributed by atoms with E-state index in [1.54, 1.807) is 12.4 Å². The summed E-state index contributed by atoms with van der Waals surface area (Å²) in [6, 6.07) is 3.53. The third kappa shape index (κ3) is 6.01. The van der Waals surface area contributed by atoms with Crippen LogP contribution in [0.3, 0.4) is 0 Å². The number of amides is 2. The molecule has 3 N–H and O–H groups in total. The molecule has 3 atom stereocenters. The lowest BCUT2D eigenvalue weighted by Crippen LogP contribution is -2.52. The molecule has 3 rings (SSSR count). The number of carbonyl (C=O) groups is 2. The quantitative estimate of drug-likeness (QED) is 0.623. The molecule has 0 bridgehead atoms. The molecule has 0 aromatic carbocycles. The van der Waals surface area contributed by atoms with E-state index in [9.17, 15) is 14.7 Å². The van der Waals surface area contributed by atoms with Gasteiger partial charge in [0.1, 0.15) is 6.10 Å². The van der Waals surface area contributed by atoms with Gasteiger partial charge in [0.15, 0.2) is 0 Å². The lowest BCUT2D eigenvalue weighted by atomic mass is 9.96. The minimum absolute atomic E-state index is 0.0157. The summed E-state index contributed by atoms with van der Waals surface area (Å²) in [7, 11) is 0. The zero-order valence-corrected chi connectivity index (χ0v) is 16.3. The molecule has 1 aromatic heterocycles. The zero-order valence-electron chi connectivity index (χ0n) is 16.3. The minimum Gasteiger partial charge on any atom is -0.394 e. The van der Waals surface area contributed by atoms with Gasteiger partial charge in [0, 0.05) is 24.9 Å². The highest BCUT2D eigenvalue weighted by Crippen LogP contribution is 2.26. The number of aliphatic hydroxyl groups is 1. The molecule has 0 radical (unpaired) electrons. The lowest BCUT2D eigenvalue weighted by molar-refractivity contribution is -0.132. The fourth-order valence-electron chi connectivity index (χ4n) is 4.12. The Balaban J connectivity index is 1.37. The Bertz CT molecular complexity index is 634. The predicted octanol–water partition coefficient (Wildman–Crippen LogP) is 1.35. The van der Waals surface area contributed by atoms with Crippen LogP contribution in [0.1, 0.15) is 50.5 Å². The van der Waals surface area contributed by atoms with Crippen LogP contribution in [0, 0.1) is 5.92 Å². The van der Waals surface area contributed by atoms with E-state index in [0.29, 0.717) is 19.4 Å². The Labute approximate surface area is 166 Å². The maximum absolute atomic E-state index is 12.4. The number of hydrogen-bond donors (Lipinski definition) is 3. The van der Waals surface area contributed by atoms with E-state index in [0.717, 1.165) is 44.1 Å². The summed E-state index contributed by atoms with van der Waals surface area (Å²) in [5, 5.41) is 15.7. The van der Waals surface area contributed by atoms with Gasteiger partial charge in [-0.3, -0.25) is 14.6 Å². The van der Waals surface area contributed by atoms with Crippen molar-refractivity contribution in [2.75, 3.05) is 13.2 Å². The number of aromatic nitrogens is 1. The molecule has 1 saturated carbocycles. The third-order valence-corrected chi connectivity index (χ3v) is 5.75. The molecule has 1 aliphatic carbocycles. The van der Waals surface area contributed by atoms with Crippen molar-refractivity contribution in [3.63, 3.8) is 0 Å². The van der Waals surface area contributed by atoms with Gasteiger partial charge in [0.2, 0.25) is 11.8 Å². The number of pyridine rings is 1. The summed E-state index contributed by atoms with van der Waals surface area (Å²) in [6.45, 7) is 0.423. The van der Waals surface area contributed by atoms with Gasteiger partial charge in [0.25, 0.3) is 0 Å². The highest BCUT2D eigenvalue weighted by Gasteiger charge is 2.33. The molecule has 1 aliphatic heterocycles. The predicted molar refractivity (Wildman–Crippen MR) is 104 cm³/mol. The van der Waals surface area contributed by atoms with Crippen LogP contribution in [0.2, 0.25) is 0 Å². The molecule has 2 aliphatic rings. The summed E-state index contributed by atoms with van der Waals surface area (Å²) >= 11 is 0. The van der Waals surface area contributed by atoms with Gasteiger partial charge in [-0.15, -0.1) is 0 Å². The molecular formula is C21H31N3O4. The molecule has 7 heteroatoms. The second-order valence-corrected chi connectivity index (χ2v) is 7.82. The van der Waals surface area contributed by atoms with Gasteiger partial charge >= 0.3 is 0 Å². The van der Waals surface area contributed by atoms with Crippen molar-refractivity contribution in [2.24, 2.45) is 5.92 Å². The number of rotatable bonds is 8. The van der Waals surface area contributed by atoms with Crippen molar-refractivity contribution in [1.82, 2.24) is 15.6 Å². The van der Waals surface area contributed by atoms with Gasteiger partial charge in [-0.2, -0.15) is 0 Å². The van der Waals surface area contributed by atoms with E-state index in [4.69, 9.17) is 4.74 Å². The van der Waals surface area contributed by atoms with Crippen LogP contribution in [0.5, 0.6) is 0 Å². The van der Waals surface area contributed by atoms with Gasteiger partial charge in [0.05, 0.1) is 25.2 Å². The number of ether oxygens (including phenoxy) is 1. The average molecular weight is 389 g/mol. The molecule has 7 nitrogen and oxygen atoms in total. The summed E-state index contributed by atoms with van der Waals surface area (Å²) < 4.78 is 5.99. The molecule has 2 heterocycles. The number of nitrogens with one attached hydrogen (secondary N) is 2. The Hall–Kier alpha value is -1.99. The third-order valence-electron chi connectivity index (χ3n) is 5.75. The van der Waals surface area contributed by atoms with Gasteiger partial charge in [-0.1, -0.05) is 12.8 Å². The number of aliphatic hydroxyl groups excluding tert-OH is 1. The first-order chi connectivity index (χ1) is 13.7. The normalized spacial score (nSPS) is 25.4. The summed E-state index contributed by atoms with van der Waals surface area (Å²) in [4.78, 5) is 28.3. The molecule has 0 spiro atoms. The number of carbonyl (C=O) groups excluding carboxylic acids is 2. The molecule has 1 aromatic rings. The van der Waals surface area contributed by atoms with E-state index in [1.807, 2.05) is 12.1 Å². The fourth-order valence-corrected chi connectivity index (χ4v) is 4.12. The van der Waals surface area contributed by atoms with Gasteiger partial charge in [-0.25, -0.2) is 0 Å². The van der Waals surface area contributed by atoms with Crippen LogP contribution < -0.4 is 10.6 Å². The van der Waals surface area contributed by atoms with Gasteiger partial charge < -0.3 is 20.5 Å². The van der Waals surface area contributed by atoms with Crippen molar-refractivity contribution in [1.29, 1.82) is 0 Å². The molecule has 0 unspecified atom stereocenters. The van der Waals surface area contributed by atoms with Crippen molar-refractivity contribution in [2.45, 2.75) is 69.6 Å². The molecular weight excluding hydrogens is 358 g/mol. The van der Waals surface area contributed by atoms with Crippen LogP contribution in [0.15, 0.2) is 24.5 Å². The van der Waals surface area contributed by atoms with Crippen molar-refractivity contribution in [3.8, 4) is 0 Å². The molecule has 2 amide bonds. The summed E-state index contributed by atoms with van der Waals surface area (Å²) in [6.07, 6.45) is 9.77. The van der Waals surface area contributed by atoms with Crippen LogP contribution in [-0.2, 0) is 20.7 Å². The number of hydrogen-bond acceptors (Lipinski definition) is 5. The second-order valence-electron chi connectivity index (χ2n) is 7.82. The second kappa shape index (κ2) is 10.5. The summed E-state index contributed by atoms with van der Waals surface area (Å²) in [5.41, 5.74) is 0.933. The topological polar surface area (TPSA) is 101 Å². The van der Waals surface area contributed by atoms with Crippen LogP contribution >= 0.6 is 0 Å². The maximum Gasteiger partial charge on any atom is 0.224 e. The van der Waals surface area contributed by atoms with E-state index in [1.165, 1.54) is 0 Å². The molecule has 28 heavy (non-hydrogen) atoms. The largest absolute Gasteiger partial charge is 0.394 e. The Morgan fingerprint density at radius 1 is 1.14 bits per heavy atom. The Kier molecular flexibility index (Phi) is 7.80. The van der Waals surface area contributed by atoms with Gasteiger partial charge in [-0.05, 0) is 49.8 Å². The Morgan fingerprint density at radius 2 is 1.89 bits per heavy atom. The average Bonchev–Trinajstić information content (AvgIpc) is 3.25. The van der Waals surface area contributed by atoms with E-state index in [2.05, 4.69) is 15.6 Å². The number of nitrogens with zero attached hydrogens (tertiary/aromatic N) is 1. The first kappa shape index (κ1) is 20.7.